The van der Waals surface area contributed by atoms with E-state index in [9.17, 15) is 18.0 Å². The summed E-state index contributed by atoms with van der Waals surface area (Å²) in [5.41, 5.74) is 2.35. The van der Waals surface area contributed by atoms with E-state index in [1.54, 1.807) is 30.3 Å². The number of nitrogens with zero attached hydrogens (tertiary/aromatic N) is 1. The van der Waals surface area contributed by atoms with E-state index in [4.69, 9.17) is 4.74 Å². The van der Waals surface area contributed by atoms with Crippen LogP contribution in [-0.2, 0) is 15.7 Å². The summed E-state index contributed by atoms with van der Waals surface area (Å²) in [4.78, 5) is 12.1. The second kappa shape index (κ2) is 7.74. The summed E-state index contributed by atoms with van der Waals surface area (Å²) >= 11 is 0. The SMILES string of the molecule is COC(C(=O)N/N=C/c1cccc(C(F)(F)F)c1)c1ccccc1. The quantitative estimate of drug-likeness (QED) is 0.671. The molecule has 24 heavy (non-hydrogen) atoms. The fourth-order valence-electron chi connectivity index (χ4n) is 2.05. The molecule has 1 N–H and O–H groups in total. The van der Waals surface area contributed by atoms with E-state index in [-0.39, 0.29) is 5.56 Å². The molecule has 0 radical (unpaired) electrons. The van der Waals surface area contributed by atoms with Crippen LogP contribution in [0.2, 0.25) is 0 Å². The van der Waals surface area contributed by atoms with Crippen molar-refractivity contribution in [3.63, 3.8) is 0 Å². The molecule has 0 spiro atoms. The van der Waals surface area contributed by atoms with Crippen LogP contribution in [0.3, 0.4) is 0 Å². The molecule has 1 unspecified atom stereocenters. The number of ether oxygens (including phenoxy) is 1. The first-order valence-corrected chi connectivity index (χ1v) is 6.99. The van der Waals surface area contributed by atoms with Gasteiger partial charge in [0, 0.05) is 7.11 Å². The number of alkyl halides is 3. The van der Waals surface area contributed by atoms with Gasteiger partial charge >= 0.3 is 6.18 Å². The molecule has 1 amide bonds. The molecule has 7 heteroatoms. The molecular formula is C17H15F3N2O2. The molecule has 0 saturated carbocycles. The highest BCUT2D eigenvalue weighted by atomic mass is 19.4. The number of benzene rings is 2. The lowest BCUT2D eigenvalue weighted by atomic mass is 10.1. The molecule has 0 aliphatic rings. The minimum Gasteiger partial charge on any atom is -0.367 e. The molecule has 0 aromatic heterocycles. The van der Waals surface area contributed by atoms with Gasteiger partial charge in [0.25, 0.3) is 5.91 Å². The molecule has 126 valence electrons. The van der Waals surface area contributed by atoms with Crippen molar-refractivity contribution in [3.8, 4) is 0 Å². The first kappa shape index (κ1) is 17.7. The third-order valence-electron chi connectivity index (χ3n) is 3.18. The third-order valence-corrected chi connectivity index (χ3v) is 3.18. The second-order valence-corrected chi connectivity index (χ2v) is 4.88. The fourth-order valence-corrected chi connectivity index (χ4v) is 2.05. The topological polar surface area (TPSA) is 50.7 Å². The molecule has 4 nitrogen and oxygen atoms in total. The van der Waals surface area contributed by atoms with Gasteiger partial charge in [0.2, 0.25) is 0 Å². The third kappa shape index (κ3) is 4.66. The number of hydrogen-bond donors (Lipinski definition) is 1. The van der Waals surface area contributed by atoms with Crippen LogP contribution in [-0.4, -0.2) is 19.2 Å². The van der Waals surface area contributed by atoms with Gasteiger partial charge in [-0.15, -0.1) is 0 Å². The van der Waals surface area contributed by atoms with Crippen molar-refractivity contribution in [1.29, 1.82) is 0 Å². The van der Waals surface area contributed by atoms with Crippen molar-refractivity contribution in [2.75, 3.05) is 7.11 Å². The van der Waals surface area contributed by atoms with E-state index < -0.39 is 23.8 Å². The standard InChI is InChI=1S/C17H15F3N2O2/c1-24-15(13-7-3-2-4-8-13)16(23)22-21-11-12-6-5-9-14(10-12)17(18,19)20/h2-11,15H,1H3,(H,22,23)/b21-11+. The monoisotopic (exact) mass is 336 g/mol. The summed E-state index contributed by atoms with van der Waals surface area (Å²) in [5.74, 6) is -0.521. The summed E-state index contributed by atoms with van der Waals surface area (Å²) in [6, 6.07) is 13.4. The van der Waals surface area contributed by atoms with E-state index in [1.807, 2.05) is 0 Å². The van der Waals surface area contributed by atoms with Crippen LogP contribution >= 0.6 is 0 Å². The molecule has 0 aliphatic heterocycles. The van der Waals surface area contributed by atoms with Crippen LogP contribution in [0.15, 0.2) is 59.7 Å². The summed E-state index contributed by atoms with van der Waals surface area (Å²) in [6.07, 6.45) is -4.14. The summed E-state index contributed by atoms with van der Waals surface area (Å²) in [6.45, 7) is 0. The van der Waals surface area contributed by atoms with Crippen LogP contribution in [0.25, 0.3) is 0 Å². The Bertz CT molecular complexity index is 715. The van der Waals surface area contributed by atoms with Gasteiger partial charge in [0.05, 0.1) is 11.8 Å². The van der Waals surface area contributed by atoms with Gasteiger partial charge in [-0.25, -0.2) is 5.43 Å². The van der Waals surface area contributed by atoms with Gasteiger partial charge in [-0.1, -0.05) is 42.5 Å². The Morgan fingerprint density at radius 3 is 2.50 bits per heavy atom. The number of hydrazone groups is 1. The number of hydrogen-bond acceptors (Lipinski definition) is 3. The Labute approximate surface area is 137 Å². The molecule has 1 atom stereocenters. The second-order valence-electron chi connectivity index (χ2n) is 4.88. The van der Waals surface area contributed by atoms with E-state index in [1.165, 1.54) is 19.2 Å². The van der Waals surface area contributed by atoms with Crippen LogP contribution < -0.4 is 5.43 Å². The molecule has 2 aromatic rings. The first-order valence-electron chi connectivity index (χ1n) is 6.99. The highest BCUT2D eigenvalue weighted by Crippen LogP contribution is 2.29. The zero-order valence-electron chi connectivity index (χ0n) is 12.7. The minimum atomic E-state index is -4.43. The zero-order valence-corrected chi connectivity index (χ0v) is 12.7. The Kier molecular flexibility index (Phi) is 5.70. The highest BCUT2D eigenvalue weighted by Gasteiger charge is 2.30. The lowest BCUT2D eigenvalue weighted by Gasteiger charge is -2.13. The molecule has 0 fully saturated rings. The van der Waals surface area contributed by atoms with Crippen molar-refractivity contribution < 1.29 is 22.7 Å². The summed E-state index contributed by atoms with van der Waals surface area (Å²) < 4.78 is 43.0. The molecule has 0 saturated heterocycles. The van der Waals surface area contributed by atoms with Gasteiger partial charge in [0.1, 0.15) is 0 Å². The normalized spacial score (nSPS) is 13.0. The van der Waals surface area contributed by atoms with Crippen molar-refractivity contribution in [1.82, 2.24) is 5.43 Å². The van der Waals surface area contributed by atoms with Crippen LogP contribution in [0.4, 0.5) is 13.2 Å². The summed E-state index contributed by atoms with van der Waals surface area (Å²) in [5, 5.41) is 3.69. The molecule has 0 heterocycles. The Hall–Kier alpha value is -2.67. The highest BCUT2D eigenvalue weighted by molar-refractivity contribution is 5.85. The Balaban J connectivity index is 2.04. The number of halogens is 3. The predicted molar refractivity (Wildman–Crippen MR) is 83.4 cm³/mol. The first-order chi connectivity index (χ1) is 11.4. The number of rotatable bonds is 5. The maximum absolute atomic E-state index is 12.6. The Morgan fingerprint density at radius 1 is 1.17 bits per heavy atom. The zero-order chi connectivity index (χ0) is 17.6. The van der Waals surface area contributed by atoms with Crippen LogP contribution in [0.1, 0.15) is 22.8 Å². The number of carbonyl (C=O) groups excluding carboxylic acids is 1. The largest absolute Gasteiger partial charge is 0.416 e. The molecule has 0 aliphatic carbocycles. The maximum atomic E-state index is 12.6. The summed E-state index contributed by atoms with van der Waals surface area (Å²) in [7, 11) is 1.38. The smallest absolute Gasteiger partial charge is 0.367 e. The van der Waals surface area contributed by atoms with E-state index in [0.717, 1.165) is 18.3 Å². The molecule has 0 bridgehead atoms. The van der Waals surface area contributed by atoms with E-state index in [0.29, 0.717) is 5.56 Å². The van der Waals surface area contributed by atoms with Gasteiger partial charge < -0.3 is 4.74 Å². The average molecular weight is 336 g/mol. The lowest BCUT2D eigenvalue weighted by Crippen LogP contribution is -2.26. The van der Waals surface area contributed by atoms with E-state index in [2.05, 4.69) is 10.5 Å². The van der Waals surface area contributed by atoms with E-state index >= 15 is 0 Å². The average Bonchev–Trinajstić information content (AvgIpc) is 2.56. The molecule has 2 aromatic carbocycles. The van der Waals surface area contributed by atoms with Crippen molar-refractivity contribution >= 4 is 12.1 Å². The number of nitrogens with one attached hydrogen (secondary N) is 1. The van der Waals surface area contributed by atoms with Gasteiger partial charge in [0.15, 0.2) is 6.10 Å². The van der Waals surface area contributed by atoms with Gasteiger partial charge in [-0.05, 0) is 23.3 Å². The van der Waals surface area contributed by atoms with Crippen molar-refractivity contribution in [3.05, 3.63) is 71.3 Å². The number of methoxy groups -OCH3 is 1. The van der Waals surface area contributed by atoms with Crippen molar-refractivity contribution in [2.45, 2.75) is 12.3 Å². The van der Waals surface area contributed by atoms with Crippen molar-refractivity contribution in [2.24, 2.45) is 5.10 Å². The van der Waals surface area contributed by atoms with Gasteiger partial charge in [-0.2, -0.15) is 18.3 Å². The number of amides is 1. The van der Waals surface area contributed by atoms with Crippen LogP contribution in [0.5, 0.6) is 0 Å². The minimum absolute atomic E-state index is 0.221. The lowest BCUT2D eigenvalue weighted by molar-refractivity contribution is -0.137. The molecular weight excluding hydrogens is 321 g/mol. The maximum Gasteiger partial charge on any atom is 0.416 e. The van der Waals surface area contributed by atoms with Gasteiger partial charge in [-0.3, -0.25) is 4.79 Å². The van der Waals surface area contributed by atoms with Crippen LogP contribution in [0, 0.1) is 0 Å². The predicted octanol–water partition coefficient (Wildman–Crippen LogP) is 3.54. The Morgan fingerprint density at radius 2 is 1.88 bits per heavy atom. The molecule has 2 rings (SSSR count). The number of carbonyl (C=O) groups is 1. The fraction of sp³-hybridized carbons (Fsp3) is 0.176.